The smallest absolute Gasteiger partial charge is 0.338 e. The summed E-state index contributed by atoms with van der Waals surface area (Å²) in [7, 11) is 1.15. The van der Waals surface area contributed by atoms with Crippen molar-refractivity contribution in [1.29, 1.82) is 0 Å². The zero-order valence-electron chi connectivity index (χ0n) is 11.5. The molecule has 0 aromatic heterocycles. The van der Waals surface area contributed by atoms with Crippen LogP contribution in [0.15, 0.2) is 12.1 Å². The van der Waals surface area contributed by atoms with Crippen molar-refractivity contribution in [1.82, 2.24) is 0 Å². The molecule has 0 radical (unpaired) electrons. The number of hydrogen-bond acceptors (Lipinski definition) is 8. The van der Waals surface area contributed by atoms with E-state index in [-0.39, 0.29) is 5.56 Å². The zero-order chi connectivity index (χ0) is 16.2. The van der Waals surface area contributed by atoms with Gasteiger partial charge in [-0.25, -0.2) is 4.79 Å². The standard InChI is InChI=1S/C11H13N3O7/c1-6(2)21-11(15)7-4-8(13(16)17)10(12-20-3)9(5-7)14(18)19/h4-6,12H,1-3H3. The highest BCUT2D eigenvalue weighted by Crippen LogP contribution is 2.35. The van der Waals surface area contributed by atoms with E-state index in [2.05, 4.69) is 10.3 Å². The predicted octanol–water partition coefficient (Wildman–Crippen LogP) is 2.04. The van der Waals surface area contributed by atoms with Crippen LogP contribution < -0.4 is 5.48 Å². The lowest BCUT2D eigenvalue weighted by atomic mass is 10.1. The molecule has 1 aromatic carbocycles. The maximum atomic E-state index is 11.8. The number of esters is 1. The lowest BCUT2D eigenvalue weighted by Gasteiger charge is -2.10. The molecule has 0 saturated carbocycles. The molecule has 1 aromatic rings. The van der Waals surface area contributed by atoms with Gasteiger partial charge >= 0.3 is 17.3 Å². The van der Waals surface area contributed by atoms with Gasteiger partial charge in [0.05, 0.1) is 28.6 Å². The minimum atomic E-state index is -0.889. The number of hydrogen-bond donors (Lipinski definition) is 1. The summed E-state index contributed by atoms with van der Waals surface area (Å²) in [6.45, 7) is 3.17. The molecule has 0 spiro atoms. The lowest BCUT2D eigenvalue weighted by Crippen LogP contribution is -2.13. The van der Waals surface area contributed by atoms with Gasteiger partial charge in [0.2, 0.25) is 5.69 Å². The second-order valence-corrected chi connectivity index (χ2v) is 4.16. The highest BCUT2D eigenvalue weighted by Gasteiger charge is 2.29. The van der Waals surface area contributed by atoms with E-state index in [1.54, 1.807) is 13.8 Å². The summed E-state index contributed by atoms with van der Waals surface area (Å²) in [6.07, 6.45) is -0.465. The Kier molecular flexibility index (Phi) is 5.13. The predicted molar refractivity (Wildman–Crippen MR) is 70.9 cm³/mol. The Morgan fingerprint density at radius 1 is 1.19 bits per heavy atom. The minimum absolute atomic E-state index is 0.288. The van der Waals surface area contributed by atoms with Crippen LogP contribution >= 0.6 is 0 Å². The van der Waals surface area contributed by atoms with E-state index in [9.17, 15) is 25.0 Å². The van der Waals surface area contributed by atoms with Crippen molar-refractivity contribution >= 4 is 23.0 Å². The Morgan fingerprint density at radius 2 is 1.67 bits per heavy atom. The first-order valence-electron chi connectivity index (χ1n) is 5.74. The van der Waals surface area contributed by atoms with Crippen molar-refractivity contribution in [2.75, 3.05) is 12.6 Å². The number of carbonyl (C=O) groups excluding carboxylic acids is 1. The number of carbonyl (C=O) groups is 1. The quantitative estimate of drug-likeness (QED) is 0.479. The van der Waals surface area contributed by atoms with Gasteiger partial charge in [0.1, 0.15) is 0 Å². The molecule has 10 nitrogen and oxygen atoms in total. The SMILES string of the molecule is CONc1c([N+](=O)[O-])cc(C(=O)OC(C)C)cc1[N+](=O)[O-]. The minimum Gasteiger partial charge on any atom is -0.459 e. The number of ether oxygens (including phenoxy) is 1. The lowest BCUT2D eigenvalue weighted by molar-refractivity contribution is -0.392. The van der Waals surface area contributed by atoms with Crippen molar-refractivity contribution in [2.24, 2.45) is 0 Å². The van der Waals surface area contributed by atoms with E-state index in [4.69, 9.17) is 4.74 Å². The Hall–Kier alpha value is -2.75. The van der Waals surface area contributed by atoms with Crippen LogP contribution in [0.5, 0.6) is 0 Å². The first-order valence-corrected chi connectivity index (χ1v) is 5.74. The van der Waals surface area contributed by atoms with Gasteiger partial charge < -0.3 is 4.74 Å². The first-order chi connectivity index (χ1) is 9.77. The number of nitrogens with zero attached hydrogens (tertiary/aromatic N) is 2. The number of nitrogens with one attached hydrogen (secondary N) is 1. The molecule has 10 heteroatoms. The van der Waals surface area contributed by atoms with Crippen LogP contribution in [-0.2, 0) is 9.57 Å². The number of anilines is 1. The van der Waals surface area contributed by atoms with E-state index < -0.39 is 39.0 Å². The van der Waals surface area contributed by atoms with E-state index in [0.29, 0.717) is 0 Å². The van der Waals surface area contributed by atoms with Crippen LogP contribution in [0.2, 0.25) is 0 Å². The molecule has 0 aliphatic carbocycles. The van der Waals surface area contributed by atoms with Crippen LogP contribution in [0.3, 0.4) is 0 Å². The van der Waals surface area contributed by atoms with Gasteiger partial charge in [0.15, 0.2) is 0 Å². The van der Waals surface area contributed by atoms with E-state index in [1.165, 1.54) is 0 Å². The molecular weight excluding hydrogens is 286 g/mol. The molecule has 0 amide bonds. The van der Waals surface area contributed by atoms with Crippen molar-refractivity contribution in [3.05, 3.63) is 37.9 Å². The van der Waals surface area contributed by atoms with Gasteiger partial charge in [-0.1, -0.05) is 0 Å². The number of nitro benzene ring substituents is 2. The molecule has 0 unspecified atom stereocenters. The maximum Gasteiger partial charge on any atom is 0.338 e. The molecule has 0 fully saturated rings. The average molecular weight is 299 g/mol. The van der Waals surface area contributed by atoms with Crippen molar-refractivity contribution in [2.45, 2.75) is 20.0 Å². The van der Waals surface area contributed by atoms with Crippen LogP contribution in [0, 0.1) is 20.2 Å². The molecule has 0 atom stereocenters. The number of nitro groups is 2. The molecule has 0 aliphatic rings. The summed E-state index contributed by atoms with van der Waals surface area (Å²) in [5, 5.41) is 22.0. The van der Waals surface area contributed by atoms with Gasteiger partial charge in [-0.05, 0) is 13.8 Å². The fourth-order valence-electron chi connectivity index (χ4n) is 1.51. The summed E-state index contributed by atoms with van der Waals surface area (Å²) in [5.41, 5.74) is 0.0102. The number of rotatable bonds is 6. The summed E-state index contributed by atoms with van der Waals surface area (Å²) in [5.74, 6) is -0.889. The molecule has 0 heterocycles. The summed E-state index contributed by atoms with van der Waals surface area (Å²) >= 11 is 0. The van der Waals surface area contributed by atoms with Crippen LogP contribution in [0.1, 0.15) is 24.2 Å². The zero-order valence-corrected chi connectivity index (χ0v) is 11.5. The summed E-state index contributed by atoms with van der Waals surface area (Å²) in [4.78, 5) is 36.5. The molecule has 0 aliphatic heterocycles. The van der Waals surface area contributed by atoms with Gasteiger partial charge in [-0.15, -0.1) is 0 Å². The second kappa shape index (κ2) is 6.61. The molecule has 0 saturated heterocycles. The average Bonchev–Trinajstić information content (AvgIpc) is 2.37. The van der Waals surface area contributed by atoms with Gasteiger partial charge in [-0.3, -0.25) is 30.5 Å². The van der Waals surface area contributed by atoms with E-state index in [0.717, 1.165) is 19.2 Å². The van der Waals surface area contributed by atoms with Crippen LogP contribution in [0.4, 0.5) is 17.1 Å². The van der Waals surface area contributed by atoms with E-state index >= 15 is 0 Å². The summed E-state index contributed by atoms with van der Waals surface area (Å²) in [6, 6.07) is 1.78. The van der Waals surface area contributed by atoms with Gasteiger partial charge in [0.25, 0.3) is 0 Å². The maximum absolute atomic E-state index is 11.8. The highest BCUT2D eigenvalue weighted by atomic mass is 16.6. The monoisotopic (exact) mass is 299 g/mol. The third kappa shape index (κ3) is 3.86. The van der Waals surface area contributed by atoms with Crippen LogP contribution in [0.25, 0.3) is 0 Å². The third-order valence-corrected chi connectivity index (χ3v) is 2.27. The van der Waals surface area contributed by atoms with Gasteiger partial charge in [0, 0.05) is 12.1 Å². The normalized spacial score (nSPS) is 10.3. The molecule has 1 rings (SSSR count). The second-order valence-electron chi connectivity index (χ2n) is 4.16. The van der Waals surface area contributed by atoms with Crippen molar-refractivity contribution < 1.29 is 24.2 Å². The third-order valence-electron chi connectivity index (χ3n) is 2.27. The van der Waals surface area contributed by atoms with E-state index in [1.807, 2.05) is 0 Å². The molecule has 114 valence electrons. The first kappa shape index (κ1) is 16.3. The Labute approximate surface area is 118 Å². The van der Waals surface area contributed by atoms with Gasteiger partial charge in [-0.2, -0.15) is 0 Å². The van der Waals surface area contributed by atoms with Crippen LogP contribution in [-0.4, -0.2) is 29.0 Å². The largest absolute Gasteiger partial charge is 0.459 e. The highest BCUT2D eigenvalue weighted by molar-refractivity contribution is 5.93. The molecule has 21 heavy (non-hydrogen) atoms. The Balaban J connectivity index is 3.46. The summed E-state index contributed by atoms with van der Waals surface area (Å²) < 4.78 is 4.87. The Morgan fingerprint density at radius 3 is 2.00 bits per heavy atom. The fraction of sp³-hybridized carbons (Fsp3) is 0.364. The molecule has 0 bridgehead atoms. The van der Waals surface area contributed by atoms with Crippen molar-refractivity contribution in [3.63, 3.8) is 0 Å². The topological polar surface area (TPSA) is 134 Å². The number of benzene rings is 1. The molecule has 1 N–H and O–H groups in total. The fourth-order valence-corrected chi connectivity index (χ4v) is 1.51. The molecular formula is C11H13N3O7. The Bertz CT molecular complexity index is 550. The van der Waals surface area contributed by atoms with Crippen molar-refractivity contribution in [3.8, 4) is 0 Å².